The molecule has 0 unspecified atom stereocenters. The van der Waals surface area contributed by atoms with Crippen molar-refractivity contribution in [2.75, 3.05) is 26.2 Å². The third kappa shape index (κ3) is 4.98. The molecule has 0 bridgehead atoms. The van der Waals surface area contributed by atoms with Crippen LogP contribution in [0, 0.1) is 12.8 Å². The lowest BCUT2D eigenvalue weighted by molar-refractivity contribution is -0.123. The number of likely N-dealkylation sites (tertiary alicyclic amines) is 1. The number of piperidine rings is 1. The molecule has 2 amide bonds. The molecule has 1 fully saturated rings. The van der Waals surface area contributed by atoms with E-state index in [1.807, 2.05) is 36.9 Å². The summed E-state index contributed by atoms with van der Waals surface area (Å²) in [5, 5.41) is 6.88. The smallest absolute Gasteiger partial charge is 0.267 e. The van der Waals surface area contributed by atoms with Crippen LogP contribution < -0.4 is 14.8 Å². The van der Waals surface area contributed by atoms with E-state index in [0.29, 0.717) is 41.9 Å². The number of nitrogens with one attached hydrogen (secondary N) is 1. The maximum Gasteiger partial charge on any atom is 0.267 e. The van der Waals surface area contributed by atoms with Crippen molar-refractivity contribution < 1.29 is 19.1 Å². The van der Waals surface area contributed by atoms with E-state index in [2.05, 4.69) is 14.9 Å². The standard InChI is InChI=1S/C22H28N4O4S/c1-14-20(31-25-24-14)21(28)26-9-7-15(8-10-26)12-23-18(27)13-29-17-6-4-5-16-11-22(2,3)30-19(16)17/h4-6,15H,7-13H2,1-3H3,(H,23,27). The molecule has 0 spiro atoms. The fourth-order valence-corrected chi connectivity index (χ4v) is 4.69. The minimum atomic E-state index is -0.254. The van der Waals surface area contributed by atoms with E-state index in [-0.39, 0.29) is 24.0 Å². The van der Waals surface area contributed by atoms with Crippen molar-refractivity contribution >= 4 is 23.3 Å². The van der Waals surface area contributed by atoms with E-state index in [9.17, 15) is 9.59 Å². The number of carbonyl (C=O) groups is 2. The summed E-state index contributed by atoms with van der Waals surface area (Å²) in [5.74, 6) is 1.55. The average molecular weight is 445 g/mol. The largest absolute Gasteiger partial charge is 0.483 e. The summed E-state index contributed by atoms with van der Waals surface area (Å²) >= 11 is 1.14. The molecule has 2 aliphatic heterocycles. The third-order valence-electron chi connectivity index (χ3n) is 5.75. The number of aryl methyl sites for hydroxylation is 1. The summed E-state index contributed by atoms with van der Waals surface area (Å²) < 4.78 is 15.6. The molecule has 0 aliphatic carbocycles. The van der Waals surface area contributed by atoms with Crippen molar-refractivity contribution in [2.45, 2.75) is 45.6 Å². The molecular weight excluding hydrogens is 416 g/mol. The summed E-state index contributed by atoms with van der Waals surface area (Å²) in [6, 6.07) is 5.79. The number of hydrogen-bond acceptors (Lipinski definition) is 7. The van der Waals surface area contributed by atoms with Gasteiger partial charge in [-0.3, -0.25) is 9.59 Å². The second kappa shape index (κ2) is 8.82. The molecule has 8 nitrogen and oxygen atoms in total. The quantitative estimate of drug-likeness (QED) is 0.736. The zero-order chi connectivity index (χ0) is 22.0. The lowest BCUT2D eigenvalue weighted by Gasteiger charge is -2.31. The third-order valence-corrected chi connectivity index (χ3v) is 6.57. The number of carbonyl (C=O) groups excluding carboxylic acids is 2. The van der Waals surface area contributed by atoms with Gasteiger partial charge < -0.3 is 19.7 Å². The molecule has 0 radical (unpaired) electrons. The summed E-state index contributed by atoms with van der Waals surface area (Å²) in [6.45, 7) is 7.78. The van der Waals surface area contributed by atoms with Crippen LogP contribution in [0.3, 0.4) is 0 Å². The molecule has 4 rings (SSSR count). The molecular formula is C22H28N4O4S. The van der Waals surface area contributed by atoms with Gasteiger partial charge in [0.25, 0.3) is 11.8 Å². The number of para-hydroxylation sites is 1. The zero-order valence-corrected chi connectivity index (χ0v) is 19.0. The Bertz CT molecular complexity index is 966. The fraction of sp³-hybridized carbons (Fsp3) is 0.545. The molecule has 2 aromatic rings. The number of aromatic nitrogens is 2. The molecule has 9 heteroatoms. The molecule has 1 aromatic heterocycles. The minimum absolute atomic E-state index is 0.00387. The minimum Gasteiger partial charge on any atom is -0.483 e. The van der Waals surface area contributed by atoms with Gasteiger partial charge in [0.2, 0.25) is 0 Å². The Labute approximate surface area is 186 Å². The highest BCUT2D eigenvalue weighted by molar-refractivity contribution is 7.07. The normalized spacial score (nSPS) is 17.7. The Kier molecular flexibility index (Phi) is 6.13. The maximum atomic E-state index is 12.6. The first-order valence-corrected chi connectivity index (χ1v) is 11.4. The van der Waals surface area contributed by atoms with Gasteiger partial charge in [0.1, 0.15) is 10.5 Å². The van der Waals surface area contributed by atoms with Crippen LogP contribution in [0.1, 0.15) is 47.6 Å². The highest BCUT2D eigenvalue weighted by atomic mass is 32.1. The van der Waals surface area contributed by atoms with Crippen LogP contribution in [0.5, 0.6) is 11.5 Å². The lowest BCUT2D eigenvalue weighted by atomic mass is 9.96. The SMILES string of the molecule is Cc1nnsc1C(=O)N1CCC(CNC(=O)COc2cccc3c2OC(C)(C)C3)CC1. The number of amides is 2. The van der Waals surface area contributed by atoms with Gasteiger partial charge in [-0.1, -0.05) is 16.6 Å². The predicted octanol–water partition coefficient (Wildman–Crippen LogP) is 2.61. The molecule has 2 aliphatic rings. The van der Waals surface area contributed by atoms with Crippen molar-refractivity contribution in [2.24, 2.45) is 5.92 Å². The van der Waals surface area contributed by atoms with E-state index < -0.39 is 0 Å². The topological polar surface area (TPSA) is 93.7 Å². The highest BCUT2D eigenvalue weighted by Gasteiger charge is 2.32. The van der Waals surface area contributed by atoms with Gasteiger partial charge in [-0.15, -0.1) is 5.10 Å². The van der Waals surface area contributed by atoms with E-state index in [1.54, 1.807) is 6.92 Å². The Morgan fingerprint density at radius 1 is 1.32 bits per heavy atom. The molecule has 3 heterocycles. The number of nitrogens with zero attached hydrogens (tertiary/aromatic N) is 3. The first-order chi connectivity index (χ1) is 14.8. The second-order valence-electron chi connectivity index (χ2n) is 8.80. The molecule has 166 valence electrons. The lowest BCUT2D eigenvalue weighted by Crippen LogP contribution is -2.42. The fourth-order valence-electron chi connectivity index (χ4n) is 4.07. The number of ether oxygens (including phenoxy) is 2. The summed E-state index contributed by atoms with van der Waals surface area (Å²) in [5.41, 5.74) is 1.53. The summed E-state index contributed by atoms with van der Waals surface area (Å²) in [6.07, 6.45) is 2.53. The van der Waals surface area contributed by atoms with Crippen LogP contribution in [0.2, 0.25) is 0 Å². The van der Waals surface area contributed by atoms with Crippen LogP contribution in [0.25, 0.3) is 0 Å². The zero-order valence-electron chi connectivity index (χ0n) is 18.1. The van der Waals surface area contributed by atoms with Crippen LogP contribution in [0.4, 0.5) is 0 Å². The van der Waals surface area contributed by atoms with Crippen molar-refractivity contribution in [1.29, 1.82) is 0 Å². The van der Waals surface area contributed by atoms with Crippen molar-refractivity contribution in [3.05, 3.63) is 34.3 Å². The van der Waals surface area contributed by atoms with Gasteiger partial charge in [-0.2, -0.15) is 0 Å². The van der Waals surface area contributed by atoms with Crippen LogP contribution in [0.15, 0.2) is 18.2 Å². The van der Waals surface area contributed by atoms with Gasteiger partial charge >= 0.3 is 0 Å². The second-order valence-corrected chi connectivity index (χ2v) is 9.55. The Morgan fingerprint density at radius 2 is 2.10 bits per heavy atom. The van der Waals surface area contributed by atoms with Crippen LogP contribution in [-0.2, 0) is 11.2 Å². The number of fused-ring (bicyclic) bond motifs is 1. The summed E-state index contributed by atoms with van der Waals surface area (Å²) in [7, 11) is 0. The Balaban J connectivity index is 1.20. The molecule has 1 saturated heterocycles. The van der Waals surface area contributed by atoms with Gasteiger partial charge in [-0.05, 0) is 57.1 Å². The van der Waals surface area contributed by atoms with E-state index >= 15 is 0 Å². The first kappa shape index (κ1) is 21.5. The van der Waals surface area contributed by atoms with Gasteiger partial charge in [0.15, 0.2) is 18.1 Å². The Hall–Kier alpha value is -2.68. The van der Waals surface area contributed by atoms with E-state index in [1.165, 1.54) is 0 Å². The van der Waals surface area contributed by atoms with Crippen LogP contribution in [-0.4, -0.2) is 58.1 Å². The number of rotatable bonds is 6. The average Bonchev–Trinajstić information content (AvgIpc) is 3.31. The molecule has 31 heavy (non-hydrogen) atoms. The molecule has 1 aromatic carbocycles. The molecule has 0 atom stereocenters. The first-order valence-electron chi connectivity index (χ1n) is 10.6. The molecule has 1 N–H and O–H groups in total. The Morgan fingerprint density at radius 3 is 2.81 bits per heavy atom. The van der Waals surface area contributed by atoms with Crippen LogP contribution >= 0.6 is 11.5 Å². The van der Waals surface area contributed by atoms with E-state index in [0.717, 1.165) is 42.1 Å². The monoisotopic (exact) mass is 444 g/mol. The van der Waals surface area contributed by atoms with Gasteiger partial charge in [0.05, 0.1) is 5.69 Å². The summed E-state index contributed by atoms with van der Waals surface area (Å²) in [4.78, 5) is 27.3. The van der Waals surface area contributed by atoms with Gasteiger partial charge in [0, 0.05) is 31.6 Å². The highest BCUT2D eigenvalue weighted by Crippen LogP contribution is 2.41. The number of hydrogen-bond donors (Lipinski definition) is 1. The van der Waals surface area contributed by atoms with Crippen molar-refractivity contribution in [3.63, 3.8) is 0 Å². The van der Waals surface area contributed by atoms with Crippen molar-refractivity contribution in [3.8, 4) is 11.5 Å². The van der Waals surface area contributed by atoms with Gasteiger partial charge in [-0.25, -0.2) is 0 Å². The predicted molar refractivity (Wildman–Crippen MR) is 117 cm³/mol. The molecule has 0 saturated carbocycles. The number of benzene rings is 1. The van der Waals surface area contributed by atoms with Crippen molar-refractivity contribution in [1.82, 2.24) is 19.8 Å². The maximum absolute atomic E-state index is 12.6. The van der Waals surface area contributed by atoms with E-state index in [4.69, 9.17) is 9.47 Å².